The monoisotopic (exact) mass is 438 g/mol. The Labute approximate surface area is 183 Å². The van der Waals surface area contributed by atoms with Crippen molar-refractivity contribution in [3.8, 4) is 5.75 Å². The van der Waals surface area contributed by atoms with Crippen molar-refractivity contribution in [2.75, 3.05) is 17.2 Å². The maximum Gasteiger partial charge on any atom is 0.352 e. The molecule has 0 saturated carbocycles. The minimum atomic E-state index is -1.15. The van der Waals surface area contributed by atoms with Gasteiger partial charge in [-0.25, -0.2) is 9.48 Å². The number of nitrogens with one attached hydrogen (secondary N) is 2. The normalized spacial score (nSPS) is 14.8. The predicted molar refractivity (Wildman–Crippen MR) is 117 cm³/mol. The number of rotatable bonds is 6. The number of hydrogen-bond acceptors (Lipinski definition) is 5. The Hall–Kier alpha value is -3.78. The molecule has 1 amide bonds. The van der Waals surface area contributed by atoms with E-state index in [1.807, 2.05) is 6.92 Å². The lowest BCUT2D eigenvalue weighted by molar-refractivity contribution is -0.132. The van der Waals surface area contributed by atoms with Crippen LogP contribution in [-0.4, -0.2) is 33.4 Å². The van der Waals surface area contributed by atoms with Gasteiger partial charge < -0.3 is 20.5 Å². The number of aliphatic carboxylic acids is 1. The van der Waals surface area contributed by atoms with Gasteiger partial charge in [-0.05, 0) is 48.9 Å². The fourth-order valence-electron chi connectivity index (χ4n) is 3.32. The van der Waals surface area contributed by atoms with Crippen LogP contribution in [0.1, 0.15) is 28.9 Å². The Bertz CT molecular complexity index is 1170. The first-order chi connectivity index (χ1) is 15.0. The number of halogens is 1. The lowest BCUT2D eigenvalue weighted by atomic mass is 10.0. The first-order valence-corrected chi connectivity index (χ1v) is 9.94. The molecule has 1 atom stereocenters. The number of hydrogen-bond donors (Lipinski definition) is 3. The molecule has 3 N–H and O–H groups in total. The highest BCUT2D eigenvalue weighted by molar-refractivity contribution is 6.31. The highest BCUT2D eigenvalue weighted by Crippen LogP contribution is 2.35. The van der Waals surface area contributed by atoms with E-state index in [4.69, 9.17) is 16.3 Å². The number of carbonyl (C=O) groups is 2. The molecule has 31 heavy (non-hydrogen) atoms. The SMILES string of the molecule is CCOc1ccc(NC(=O)c2cnn3c2NC(C(=O)O)=CC3c2ccccc2Cl)cc1. The van der Waals surface area contributed by atoms with Gasteiger partial charge in [0.05, 0.1) is 12.8 Å². The third-order valence-electron chi connectivity index (χ3n) is 4.76. The smallest absolute Gasteiger partial charge is 0.352 e. The van der Waals surface area contributed by atoms with E-state index in [-0.39, 0.29) is 17.1 Å². The van der Waals surface area contributed by atoms with Crippen LogP contribution in [-0.2, 0) is 4.79 Å². The predicted octanol–water partition coefficient (Wildman–Crippen LogP) is 4.17. The number of carbonyl (C=O) groups excluding carboxylic acids is 1. The maximum atomic E-state index is 12.9. The molecule has 158 valence electrons. The molecule has 9 heteroatoms. The van der Waals surface area contributed by atoms with E-state index in [9.17, 15) is 14.7 Å². The van der Waals surface area contributed by atoms with Gasteiger partial charge >= 0.3 is 5.97 Å². The summed E-state index contributed by atoms with van der Waals surface area (Å²) in [5.74, 6) is -0.609. The zero-order chi connectivity index (χ0) is 22.0. The van der Waals surface area contributed by atoms with E-state index in [0.717, 1.165) is 0 Å². The van der Waals surface area contributed by atoms with Crippen LogP contribution in [0.4, 0.5) is 11.5 Å². The minimum absolute atomic E-state index is 0.0620. The van der Waals surface area contributed by atoms with Crippen LogP contribution < -0.4 is 15.4 Å². The lowest BCUT2D eigenvalue weighted by Gasteiger charge is -2.25. The Morgan fingerprint density at radius 3 is 2.65 bits per heavy atom. The molecular weight excluding hydrogens is 420 g/mol. The Morgan fingerprint density at radius 1 is 1.23 bits per heavy atom. The Balaban J connectivity index is 1.66. The van der Waals surface area contributed by atoms with Crippen molar-refractivity contribution in [3.63, 3.8) is 0 Å². The molecule has 2 heterocycles. The lowest BCUT2D eigenvalue weighted by Crippen LogP contribution is -2.25. The van der Waals surface area contributed by atoms with Crippen molar-refractivity contribution in [3.05, 3.63) is 82.7 Å². The van der Waals surface area contributed by atoms with Gasteiger partial charge in [0.15, 0.2) is 0 Å². The standard InChI is InChI=1S/C22H19ClN4O4/c1-2-31-14-9-7-13(8-10-14)25-21(28)16-12-24-27-19(15-5-3-4-6-17(15)23)11-18(22(29)30)26-20(16)27/h3-12,19,26H,2H2,1H3,(H,25,28)(H,29,30). The summed E-state index contributed by atoms with van der Waals surface area (Å²) in [5, 5.41) is 19.9. The molecule has 0 fully saturated rings. The molecule has 0 spiro atoms. The van der Waals surface area contributed by atoms with E-state index in [1.165, 1.54) is 12.3 Å². The molecule has 1 aromatic heterocycles. The van der Waals surface area contributed by atoms with E-state index < -0.39 is 17.9 Å². The summed E-state index contributed by atoms with van der Waals surface area (Å²) in [6.45, 7) is 2.44. The average molecular weight is 439 g/mol. The van der Waals surface area contributed by atoms with Crippen molar-refractivity contribution in [1.82, 2.24) is 9.78 Å². The van der Waals surface area contributed by atoms with Gasteiger partial charge in [0.2, 0.25) is 0 Å². The van der Waals surface area contributed by atoms with Gasteiger partial charge in [-0.1, -0.05) is 29.8 Å². The molecular formula is C22H19ClN4O4. The van der Waals surface area contributed by atoms with Crippen molar-refractivity contribution in [2.45, 2.75) is 13.0 Å². The molecule has 8 nitrogen and oxygen atoms in total. The number of amides is 1. The molecule has 1 unspecified atom stereocenters. The van der Waals surface area contributed by atoms with Crippen molar-refractivity contribution in [2.24, 2.45) is 0 Å². The first kappa shape index (κ1) is 20.5. The average Bonchev–Trinajstić information content (AvgIpc) is 3.19. The molecule has 4 rings (SSSR count). The van der Waals surface area contributed by atoms with Crippen LogP contribution in [0.2, 0.25) is 5.02 Å². The first-order valence-electron chi connectivity index (χ1n) is 9.56. The fraction of sp³-hybridized carbons (Fsp3) is 0.136. The van der Waals surface area contributed by atoms with Crippen LogP contribution in [0.3, 0.4) is 0 Å². The molecule has 1 aliphatic rings. The molecule has 0 saturated heterocycles. The summed E-state index contributed by atoms with van der Waals surface area (Å²) in [7, 11) is 0. The number of nitrogens with zero attached hydrogens (tertiary/aromatic N) is 2. The third-order valence-corrected chi connectivity index (χ3v) is 5.10. The summed E-state index contributed by atoms with van der Waals surface area (Å²) >= 11 is 6.34. The van der Waals surface area contributed by atoms with Crippen molar-refractivity contribution < 1.29 is 19.4 Å². The second-order valence-corrected chi connectivity index (χ2v) is 7.15. The molecule has 0 bridgehead atoms. The zero-order valence-corrected chi connectivity index (χ0v) is 17.3. The number of carboxylic acid groups (broad SMARTS) is 1. The van der Waals surface area contributed by atoms with Crippen LogP contribution in [0.5, 0.6) is 5.75 Å². The second kappa shape index (κ2) is 8.53. The van der Waals surface area contributed by atoms with Crippen LogP contribution in [0.25, 0.3) is 0 Å². The second-order valence-electron chi connectivity index (χ2n) is 6.74. The van der Waals surface area contributed by atoms with Gasteiger partial charge in [0.1, 0.15) is 28.9 Å². The fourth-order valence-corrected chi connectivity index (χ4v) is 3.57. The van der Waals surface area contributed by atoms with Gasteiger partial charge in [-0.3, -0.25) is 4.79 Å². The van der Waals surface area contributed by atoms with E-state index in [1.54, 1.807) is 53.2 Å². The van der Waals surface area contributed by atoms with Gasteiger partial charge in [0.25, 0.3) is 5.91 Å². The maximum absolute atomic E-state index is 12.9. The molecule has 3 aromatic rings. The quantitative estimate of drug-likeness (QED) is 0.533. The number of ether oxygens (including phenoxy) is 1. The number of benzene rings is 2. The number of carboxylic acids is 1. The van der Waals surface area contributed by atoms with Gasteiger partial charge in [-0.2, -0.15) is 5.10 Å². The van der Waals surface area contributed by atoms with Crippen molar-refractivity contribution in [1.29, 1.82) is 0 Å². The van der Waals surface area contributed by atoms with E-state index >= 15 is 0 Å². The summed E-state index contributed by atoms with van der Waals surface area (Å²) in [6, 6.07) is 13.5. The number of fused-ring (bicyclic) bond motifs is 1. The molecule has 2 aromatic carbocycles. The number of allylic oxidation sites excluding steroid dienone is 1. The highest BCUT2D eigenvalue weighted by atomic mass is 35.5. The molecule has 0 radical (unpaired) electrons. The highest BCUT2D eigenvalue weighted by Gasteiger charge is 2.30. The summed E-state index contributed by atoms with van der Waals surface area (Å²) < 4.78 is 6.94. The van der Waals surface area contributed by atoms with E-state index in [0.29, 0.717) is 28.6 Å². The Kier molecular flexibility index (Phi) is 5.64. The summed E-state index contributed by atoms with van der Waals surface area (Å²) in [4.78, 5) is 24.6. The molecule has 0 aliphatic carbocycles. The largest absolute Gasteiger partial charge is 0.494 e. The van der Waals surface area contributed by atoms with Crippen LogP contribution in [0, 0.1) is 0 Å². The number of aromatic nitrogens is 2. The van der Waals surface area contributed by atoms with Crippen LogP contribution in [0.15, 0.2) is 66.5 Å². The number of anilines is 2. The summed E-state index contributed by atoms with van der Waals surface area (Å²) in [5.41, 5.74) is 1.39. The Morgan fingerprint density at radius 2 is 1.97 bits per heavy atom. The van der Waals surface area contributed by atoms with Gasteiger partial charge in [0, 0.05) is 10.7 Å². The van der Waals surface area contributed by atoms with Gasteiger partial charge in [-0.15, -0.1) is 0 Å². The molecule has 1 aliphatic heterocycles. The third kappa shape index (κ3) is 4.10. The summed E-state index contributed by atoms with van der Waals surface area (Å²) in [6.07, 6.45) is 2.91. The topological polar surface area (TPSA) is 105 Å². The zero-order valence-electron chi connectivity index (χ0n) is 16.5. The minimum Gasteiger partial charge on any atom is -0.494 e. The van der Waals surface area contributed by atoms with E-state index in [2.05, 4.69) is 15.7 Å². The van der Waals surface area contributed by atoms with Crippen LogP contribution >= 0.6 is 11.6 Å². The van der Waals surface area contributed by atoms with Crippen molar-refractivity contribution >= 4 is 35.0 Å².